The van der Waals surface area contributed by atoms with Crippen molar-refractivity contribution in [3.05, 3.63) is 23.9 Å². The van der Waals surface area contributed by atoms with Crippen molar-refractivity contribution in [2.45, 2.75) is 6.43 Å². The molecule has 0 aliphatic heterocycles. The van der Waals surface area contributed by atoms with E-state index in [1.165, 1.54) is 12.3 Å². The maximum absolute atomic E-state index is 11.7. The summed E-state index contributed by atoms with van der Waals surface area (Å²) in [6.45, 7) is -0.0606. The van der Waals surface area contributed by atoms with Gasteiger partial charge in [-0.2, -0.15) is 0 Å². The Morgan fingerprint density at radius 1 is 1.53 bits per heavy atom. The zero-order valence-electron chi connectivity index (χ0n) is 9.03. The van der Waals surface area contributed by atoms with Crippen LogP contribution in [0.4, 0.5) is 14.6 Å². The van der Waals surface area contributed by atoms with Gasteiger partial charge in [0.05, 0.1) is 12.2 Å². The molecule has 7 heteroatoms. The van der Waals surface area contributed by atoms with Gasteiger partial charge in [0, 0.05) is 12.7 Å². The highest BCUT2D eigenvalue weighted by molar-refractivity contribution is 5.92. The lowest BCUT2D eigenvalue weighted by Crippen LogP contribution is -2.14. The molecule has 0 bridgehead atoms. The number of carbonyl (C=O) groups excluding carboxylic acids is 1. The highest BCUT2D eigenvalue weighted by Crippen LogP contribution is 2.03. The molecule has 0 aromatic carbocycles. The lowest BCUT2D eigenvalue weighted by Gasteiger charge is -2.06. The number of nitrogens with zero attached hydrogens (tertiary/aromatic N) is 1. The second-order valence-electron chi connectivity index (χ2n) is 3.19. The summed E-state index contributed by atoms with van der Waals surface area (Å²) in [6, 6.07) is 3.10. The lowest BCUT2D eigenvalue weighted by atomic mass is 10.3. The highest BCUT2D eigenvalue weighted by atomic mass is 19.3. The number of rotatable bonds is 7. The Morgan fingerprint density at radius 3 is 2.82 bits per heavy atom. The van der Waals surface area contributed by atoms with Gasteiger partial charge in [0.25, 0.3) is 6.43 Å². The van der Waals surface area contributed by atoms with Crippen molar-refractivity contribution in [1.82, 2.24) is 4.98 Å². The third-order valence-corrected chi connectivity index (χ3v) is 1.84. The Balaban J connectivity index is 2.25. The minimum Gasteiger partial charge on any atom is -0.374 e. The molecule has 1 rings (SSSR count). The van der Waals surface area contributed by atoms with Crippen LogP contribution in [0.2, 0.25) is 0 Å². The fraction of sp³-hybridized carbons (Fsp3) is 0.400. The first kappa shape index (κ1) is 13.3. The maximum Gasteiger partial charge on any atom is 0.261 e. The van der Waals surface area contributed by atoms with Gasteiger partial charge in [0.15, 0.2) is 0 Å². The fourth-order valence-electron chi connectivity index (χ4n) is 1.07. The van der Waals surface area contributed by atoms with E-state index in [2.05, 4.69) is 15.0 Å². The summed E-state index contributed by atoms with van der Waals surface area (Å²) >= 11 is 0. The number of nitrogens with one attached hydrogen (secondary N) is 1. The van der Waals surface area contributed by atoms with Crippen LogP contribution in [0.5, 0.6) is 0 Å². The summed E-state index contributed by atoms with van der Waals surface area (Å²) < 4.78 is 28.1. The molecule has 1 heterocycles. The van der Waals surface area contributed by atoms with E-state index in [0.717, 1.165) is 0 Å². The molecule has 1 aromatic heterocycles. The van der Waals surface area contributed by atoms with Crippen LogP contribution >= 0.6 is 0 Å². The monoisotopic (exact) mass is 245 g/mol. The topological polar surface area (TPSA) is 77.2 Å². The number of amides is 1. The van der Waals surface area contributed by atoms with E-state index in [0.29, 0.717) is 17.9 Å². The lowest BCUT2D eigenvalue weighted by molar-refractivity contribution is 0.0215. The van der Waals surface area contributed by atoms with Crippen LogP contribution in [0.15, 0.2) is 18.3 Å². The molecule has 0 radical (unpaired) electrons. The quantitative estimate of drug-likeness (QED) is 0.699. The van der Waals surface area contributed by atoms with Crippen LogP contribution in [0, 0.1) is 0 Å². The van der Waals surface area contributed by atoms with E-state index in [1.807, 2.05) is 0 Å². The number of alkyl halides is 2. The summed E-state index contributed by atoms with van der Waals surface area (Å²) in [5.74, 6) is -0.0278. The summed E-state index contributed by atoms with van der Waals surface area (Å²) in [7, 11) is 0. The molecule has 3 N–H and O–H groups in total. The number of nitrogens with two attached hydrogens (primary N) is 1. The van der Waals surface area contributed by atoms with E-state index in [9.17, 15) is 13.6 Å². The number of halogens is 2. The maximum atomic E-state index is 11.7. The average molecular weight is 245 g/mol. The molecule has 0 fully saturated rings. The van der Waals surface area contributed by atoms with Crippen molar-refractivity contribution in [3.8, 4) is 0 Å². The average Bonchev–Trinajstić information content (AvgIpc) is 2.29. The number of ether oxygens (including phenoxy) is 1. The summed E-state index contributed by atoms with van der Waals surface area (Å²) in [5.41, 5.74) is 5.35. The first-order valence-corrected chi connectivity index (χ1v) is 4.95. The largest absolute Gasteiger partial charge is 0.374 e. The molecule has 1 aromatic rings. The summed E-state index contributed by atoms with van der Waals surface area (Å²) in [5, 5.41) is 2.85. The predicted octanol–water partition coefficient (Wildman–Crippen LogP) is 0.874. The molecule has 17 heavy (non-hydrogen) atoms. The van der Waals surface area contributed by atoms with Gasteiger partial charge in [0.2, 0.25) is 5.91 Å². The van der Waals surface area contributed by atoms with Crippen molar-refractivity contribution in [3.63, 3.8) is 0 Å². The first-order valence-electron chi connectivity index (χ1n) is 4.95. The SMILES string of the molecule is NC(=O)c1ccc(NCCOCC(F)F)nc1. The normalized spacial score (nSPS) is 10.5. The van der Waals surface area contributed by atoms with Crippen LogP contribution in [-0.2, 0) is 4.74 Å². The molecule has 0 saturated heterocycles. The van der Waals surface area contributed by atoms with Crippen LogP contribution in [-0.4, -0.2) is 37.1 Å². The fourth-order valence-corrected chi connectivity index (χ4v) is 1.07. The van der Waals surface area contributed by atoms with Gasteiger partial charge in [-0.3, -0.25) is 4.79 Å². The van der Waals surface area contributed by atoms with Gasteiger partial charge >= 0.3 is 0 Å². The minimum atomic E-state index is -2.46. The molecule has 0 unspecified atom stereocenters. The summed E-state index contributed by atoms with van der Waals surface area (Å²) in [6.07, 6.45) is -1.12. The number of aromatic nitrogens is 1. The molecule has 1 amide bonds. The molecule has 0 aliphatic carbocycles. The Bertz CT molecular complexity index is 357. The van der Waals surface area contributed by atoms with Gasteiger partial charge in [0.1, 0.15) is 12.4 Å². The van der Waals surface area contributed by atoms with Gasteiger partial charge < -0.3 is 15.8 Å². The van der Waals surface area contributed by atoms with Gasteiger partial charge in [-0.25, -0.2) is 13.8 Å². The Kier molecular flexibility index (Phi) is 5.28. The molecule has 0 spiro atoms. The molecule has 0 atom stereocenters. The molecule has 94 valence electrons. The van der Waals surface area contributed by atoms with E-state index >= 15 is 0 Å². The number of anilines is 1. The number of hydrogen-bond donors (Lipinski definition) is 2. The van der Waals surface area contributed by atoms with Crippen molar-refractivity contribution < 1.29 is 18.3 Å². The van der Waals surface area contributed by atoms with Crippen molar-refractivity contribution in [2.24, 2.45) is 5.73 Å². The van der Waals surface area contributed by atoms with E-state index in [1.54, 1.807) is 6.07 Å². The van der Waals surface area contributed by atoms with Gasteiger partial charge in [-0.1, -0.05) is 0 Å². The third-order valence-electron chi connectivity index (χ3n) is 1.84. The molecule has 0 aliphatic rings. The van der Waals surface area contributed by atoms with Crippen molar-refractivity contribution in [2.75, 3.05) is 25.1 Å². The van der Waals surface area contributed by atoms with Crippen LogP contribution in [0.25, 0.3) is 0 Å². The Morgan fingerprint density at radius 2 is 2.29 bits per heavy atom. The van der Waals surface area contributed by atoms with Crippen LogP contribution < -0.4 is 11.1 Å². The van der Waals surface area contributed by atoms with Crippen molar-refractivity contribution >= 4 is 11.7 Å². The van der Waals surface area contributed by atoms with Gasteiger partial charge in [-0.05, 0) is 12.1 Å². The van der Waals surface area contributed by atoms with E-state index in [4.69, 9.17) is 5.73 Å². The molecular formula is C10H13F2N3O2. The molecule has 5 nitrogen and oxygen atoms in total. The minimum absolute atomic E-state index is 0.156. The Hall–Kier alpha value is -1.76. The van der Waals surface area contributed by atoms with Crippen LogP contribution in [0.3, 0.4) is 0 Å². The van der Waals surface area contributed by atoms with Crippen LogP contribution in [0.1, 0.15) is 10.4 Å². The zero-order chi connectivity index (χ0) is 12.7. The predicted molar refractivity (Wildman–Crippen MR) is 58.1 cm³/mol. The molecule has 0 saturated carbocycles. The number of carbonyl (C=O) groups is 1. The van der Waals surface area contributed by atoms with E-state index < -0.39 is 18.9 Å². The zero-order valence-corrected chi connectivity index (χ0v) is 9.03. The van der Waals surface area contributed by atoms with Gasteiger partial charge in [-0.15, -0.1) is 0 Å². The smallest absolute Gasteiger partial charge is 0.261 e. The number of pyridine rings is 1. The second-order valence-corrected chi connectivity index (χ2v) is 3.19. The van der Waals surface area contributed by atoms with Crippen molar-refractivity contribution in [1.29, 1.82) is 0 Å². The second kappa shape index (κ2) is 6.74. The third kappa shape index (κ3) is 5.21. The summed E-state index contributed by atoms with van der Waals surface area (Å²) in [4.78, 5) is 14.7. The Labute approximate surface area is 97.0 Å². The highest BCUT2D eigenvalue weighted by Gasteiger charge is 2.02. The van der Waals surface area contributed by atoms with E-state index in [-0.39, 0.29) is 6.61 Å². The standard InChI is InChI=1S/C10H13F2N3O2/c11-8(12)6-17-4-3-14-9-2-1-7(5-15-9)10(13)16/h1-2,5,8H,3-4,6H2,(H2,13,16)(H,14,15). The number of primary amides is 1. The number of hydrogen-bond acceptors (Lipinski definition) is 4. The first-order chi connectivity index (χ1) is 8.09. The molecular weight excluding hydrogens is 232 g/mol.